The average molecular weight is 270 g/mol. The zero-order chi connectivity index (χ0) is 12.8. The molecular formula is C12H16ClN3O2. The van der Waals surface area contributed by atoms with Crippen molar-refractivity contribution in [2.75, 3.05) is 38.3 Å². The third-order valence-corrected chi connectivity index (χ3v) is 2.92. The molecule has 6 heteroatoms. The fourth-order valence-electron chi connectivity index (χ4n) is 1.65. The number of urea groups is 1. The first-order chi connectivity index (χ1) is 8.74. The Morgan fingerprint density at radius 3 is 2.61 bits per heavy atom. The second-order valence-electron chi connectivity index (χ2n) is 4.03. The largest absolute Gasteiger partial charge is 0.379 e. The maximum atomic E-state index is 11.6. The second-order valence-corrected chi connectivity index (χ2v) is 4.46. The summed E-state index contributed by atoms with van der Waals surface area (Å²) in [4.78, 5) is 13.8. The van der Waals surface area contributed by atoms with Gasteiger partial charge in [0.1, 0.15) is 0 Å². The van der Waals surface area contributed by atoms with Gasteiger partial charge in [-0.3, -0.25) is 4.90 Å². The Labute approximate surface area is 111 Å². The summed E-state index contributed by atoms with van der Waals surface area (Å²) < 4.78 is 5.23. The molecule has 0 atom stereocenters. The molecule has 98 valence electrons. The Kier molecular flexibility index (Phi) is 4.81. The molecule has 2 N–H and O–H groups in total. The van der Waals surface area contributed by atoms with Gasteiger partial charge in [-0.1, -0.05) is 11.6 Å². The van der Waals surface area contributed by atoms with Crippen LogP contribution in [0.4, 0.5) is 10.5 Å². The third-order valence-electron chi connectivity index (χ3n) is 2.67. The number of nitrogens with one attached hydrogen (secondary N) is 2. The molecule has 0 aromatic heterocycles. The quantitative estimate of drug-likeness (QED) is 0.879. The highest BCUT2D eigenvalue weighted by atomic mass is 35.5. The van der Waals surface area contributed by atoms with Crippen LogP contribution in [0.1, 0.15) is 0 Å². The maximum absolute atomic E-state index is 11.6. The van der Waals surface area contributed by atoms with Gasteiger partial charge < -0.3 is 15.4 Å². The minimum absolute atomic E-state index is 0.219. The Morgan fingerprint density at radius 1 is 1.28 bits per heavy atom. The van der Waals surface area contributed by atoms with Gasteiger partial charge in [0.2, 0.25) is 0 Å². The van der Waals surface area contributed by atoms with E-state index in [9.17, 15) is 4.79 Å². The SMILES string of the molecule is O=C(NCN1CCOCC1)Nc1ccc(Cl)cc1. The molecule has 0 aliphatic carbocycles. The molecule has 0 radical (unpaired) electrons. The van der Waals surface area contributed by atoms with Crippen LogP contribution >= 0.6 is 11.6 Å². The van der Waals surface area contributed by atoms with Crippen LogP contribution in [0.5, 0.6) is 0 Å². The van der Waals surface area contributed by atoms with Crippen molar-refractivity contribution in [1.29, 1.82) is 0 Å². The van der Waals surface area contributed by atoms with Crippen molar-refractivity contribution in [1.82, 2.24) is 10.2 Å². The number of hydrogen-bond acceptors (Lipinski definition) is 3. The Balaban J connectivity index is 1.73. The summed E-state index contributed by atoms with van der Waals surface area (Å²) in [5, 5.41) is 6.19. The molecule has 2 amide bonds. The summed E-state index contributed by atoms with van der Waals surface area (Å²) in [6.07, 6.45) is 0. The van der Waals surface area contributed by atoms with Crippen molar-refractivity contribution >= 4 is 23.3 Å². The van der Waals surface area contributed by atoms with E-state index in [0.29, 0.717) is 11.7 Å². The summed E-state index contributed by atoms with van der Waals surface area (Å²) in [5.74, 6) is 0. The molecule has 2 rings (SSSR count). The van der Waals surface area contributed by atoms with E-state index >= 15 is 0 Å². The van der Waals surface area contributed by atoms with Gasteiger partial charge in [0, 0.05) is 23.8 Å². The van der Waals surface area contributed by atoms with Crippen molar-refractivity contribution in [2.45, 2.75) is 0 Å². The van der Waals surface area contributed by atoms with E-state index in [0.717, 1.165) is 32.0 Å². The molecule has 0 saturated carbocycles. The number of rotatable bonds is 3. The first-order valence-corrected chi connectivity index (χ1v) is 6.22. The minimum atomic E-state index is -0.219. The van der Waals surface area contributed by atoms with E-state index < -0.39 is 0 Å². The fraction of sp³-hybridized carbons (Fsp3) is 0.417. The number of hydrogen-bond donors (Lipinski definition) is 2. The fourth-order valence-corrected chi connectivity index (χ4v) is 1.78. The van der Waals surface area contributed by atoms with Gasteiger partial charge in [-0.2, -0.15) is 0 Å². The monoisotopic (exact) mass is 269 g/mol. The van der Waals surface area contributed by atoms with Gasteiger partial charge in [0.25, 0.3) is 0 Å². The Hall–Kier alpha value is -1.30. The number of carbonyl (C=O) groups is 1. The highest BCUT2D eigenvalue weighted by Crippen LogP contribution is 2.12. The van der Waals surface area contributed by atoms with Crippen LogP contribution in [-0.2, 0) is 4.74 Å². The molecule has 0 spiro atoms. The zero-order valence-electron chi connectivity index (χ0n) is 9.99. The van der Waals surface area contributed by atoms with Crippen molar-refractivity contribution in [3.63, 3.8) is 0 Å². The molecule has 1 aliphatic heterocycles. The van der Waals surface area contributed by atoms with E-state index in [-0.39, 0.29) is 6.03 Å². The van der Waals surface area contributed by atoms with Crippen molar-refractivity contribution < 1.29 is 9.53 Å². The minimum Gasteiger partial charge on any atom is -0.379 e. The van der Waals surface area contributed by atoms with Gasteiger partial charge in [-0.05, 0) is 24.3 Å². The number of halogens is 1. The van der Waals surface area contributed by atoms with Crippen molar-refractivity contribution in [3.8, 4) is 0 Å². The van der Waals surface area contributed by atoms with Crippen LogP contribution in [0.2, 0.25) is 5.02 Å². The molecule has 1 fully saturated rings. The van der Waals surface area contributed by atoms with Gasteiger partial charge in [0.05, 0.1) is 19.9 Å². The lowest BCUT2D eigenvalue weighted by molar-refractivity contribution is 0.0358. The molecule has 0 unspecified atom stereocenters. The first kappa shape index (κ1) is 13.1. The normalized spacial score (nSPS) is 16.3. The van der Waals surface area contributed by atoms with Crippen LogP contribution in [-0.4, -0.2) is 43.9 Å². The summed E-state index contributed by atoms with van der Waals surface area (Å²) in [5.41, 5.74) is 0.721. The number of anilines is 1. The van der Waals surface area contributed by atoms with Gasteiger partial charge in [-0.15, -0.1) is 0 Å². The van der Waals surface area contributed by atoms with Gasteiger partial charge >= 0.3 is 6.03 Å². The maximum Gasteiger partial charge on any atom is 0.320 e. The summed E-state index contributed by atoms with van der Waals surface area (Å²) in [6, 6.07) is 6.77. The van der Waals surface area contributed by atoms with Crippen LogP contribution in [0.25, 0.3) is 0 Å². The van der Waals surface area contributed by atoms with Crippen LogP contribution in [0.3, 0.4) is 0 Å². The van der Waals surface area contributed by atoms with E-state index in [1.807, 2.05) is 0 Å². The number of benzene rings is 1. The van der Waals surface area contributed by atoms with E-state index in [1.54, 1.807) is 24.3 Å². The third kappa shape index (κ3) is 4.18. The van der Waals surface area contributed by atoms with E-state index in [2.05, 4.69) is 15.5 Å². The van der Waals surface area contributed by atoms with Gasteiger partial charge in [-0.25, -0.2) is 4.79 Å². The Morgan fingerprint density at radius 2 is 1.94 bits per heavy atom. The standard InChI is InChI=1S/C12H16ClN3O2/c13-10-1-3-11(4-2-10)15-12(17)14-9-16-5-7-18-8-6-16/h1-4H,5-9H2,(H2,14,15,17). The van der Waals surface area contributed by atoms with Crippen LogP contribution in [0, 0.1) is 0 Å². The molecular weight excluding hydrogens is 254 g/mol. The molecule has 1 aromatic carbocycles. The number of ether oxygens (including phenoxy) is 1. The molecule has 18 heavy (non-hydrogen) atoms. The lowest BCUT2D eigenvalue weighted by atomic mass is 10.3. The number of morpholine rings is 1. The van der Waals surface area contributed by atoms with Crippen molar-refractivity contribution in [3.05, 3.63) is 29.3 Å². The molecule has 5 nitrogen and oxygen atoms in total. The lowest BCUT2D eigenvalue weighted by Gasteiger charge is -2.26. The Bertz CT molecular complexity index is 391. The predicted octanol–water partition coefficient (Wildman–Crippen LogP) is 1.75. The smallest absolute Gasteiger partial charge is 0.320 e. The second kappa shape index (κ2) is 6.58. The zero-order valence-corrected chi connectivity index (χ0v) is 10.7. The first-order valence-electron chi connectivity index (χ1n) is 5.84. The van der Waals surface area contributed by atoms with E-state index in [4.69, 9.17) is 16.3 Å². The molecule has 0 bridgehead atoms. The summed E-state index contributed by atoms with van der Waals surface area (Å²) >= 11 is 5.76. The highest BCUT2D eigenvalue weighted by Gasteiger charge is 2.10. The number of carbonyl (C=O) groups excluding carboxylic acids is 1. The molecule has 1 heterocycles. The summed E-state index contributed by atoms with van der Waals surface area (Å²) in [6.45, 7) is 3.67. The van der Waals surface area contributed by atoms with Crippen LogP contribution < -0.4 is 10.6 Å². The summed E-state index contributed by atoms with van der Waals surface area (Å²) in [7, 11) is 0. The highest BCUT2D eigenvalue weighted by molar-refractivity contribution is 6.30. The lowest BCUT2D eigenvalue weighted by Crippen LogP contribution is -2.44. The molecule has 1 aliphatic rings. The topological polar surface area (TPSA) is 53.6 Å². The average Bonchev–Trinajstić information content (AvgIpc) is 2.40. The van der Waals surface area contributed by atoms with Gasteiger partial charge in [0.15, 0.2) is 0 Å². The molecule has 1 saturated heterocycles. The molecule has 1 aromatic rings. The van der Waals surface area contributed by atoms with Crippen molar-refractivity contribution in [2.24, 2.45) is 0 Å². The number of nitrogens with zero attached hydrogens (tertiary/aromatic N) is 1. The number of amides is 2. The predicted molar refractivity (Wildman–Crippen MR) is 70.9 cm³/mol. The van der Waals surface area contributed by atoms with Crippen LogP contribution in [0.15, 0.2) is 24.3 Å². The van der Waals surface area contributed by atoms with E-state index in [1.165, 1.54) is 0 Å².